The Morgan fingerprint density at radius 1 is 1.26 bits per heavy atom. The fraction of sp³-hybridized carbons (Fsp3) is 0.176. The number of fused-ring (bicyclic) bond motifs is 1. The molecule has 3 aromatic rings. The average molecular weight is 311 g/mol. The minimum atomic E-state index is -1.07. The summed E-state index contributed by atoms with van der Waals surface area (Å²) in [6, 6.07) is 13.0. The molecule has 0 spiro atoms. The molecule has 0 radical (unpaired) electrons. The van der Waals surface area contributed by atoms with Crippen molar-refractivity contribution in [1.29, 1.82) is 0 Å². The number of carboxylic acids is 1. The van der Waals surface area contributed by atoms with Gasteiger partial charge in [0.1, 0.15) is 12.3 Å². The Bertz CT molecular complexity index is 814. The number of imidazole rings is 1. The Kier molecular flexibility index (Phi) is 4.25. The minimum Gasteiger partial charge on any atom is -0.489 e. The number of aromatic carboxylic acids is 1. The van der Waals surface area contributed by atoms with Gasteiger partial charge in [-0.05, 0) is 24.1 Å². The lowest BCUT2D eigenvalue weighted by atomic mass is 10.1. The van der Waals surface area contributed by atoms with Gasteiger partial charge < -0.3 is 15.6 Å². The predicted octanol–water partition coefficient (Wildman–Crippen LogP) is 1.98. The molecule has 0 amide bonds. The van der Waals surface area contributed by atoms with Crippen molar-refractivity contribution < 1.29 is 14.6 Å². The summed E-state index contributed by atoms with van der Waals surface area (Å²) in [6.45, 7) is 0.232. The van der Waals surface area contributed by atoms with Crippen LogP contribution >= 0.6 is 0 Å². The van der Waals surface area contributed by atoms with Crippen molar-refractivity contribution in [3.05, 3.63) is 66.1 Å². The van der Waals surface area contributed by atoms with Crippen LogP contribution in [0.1, 0.15) is 16.1 Å². The monoisotopic (exact) mass is 311 g/mol. The van der Waals surface area contributed by atoms with Crippen LogP contribution < -0.4 is 10.5 Å². The Morgan fingerprint density at radius 3 is 2.78 bits per heavy atom. The van der Waals surface area contributed by atoms with Gasteiger partial charge in [0.2, 0.25) is 0 Å². The molecule has 3 rings (SSSR count). The Balaban J connectivity index is 1.74. The maximum atomic E-state index is 11.5. The van der Waals surface area contributed by atoms with Gasteiger partial charge >= 0.3 is 5.97 Å². The first-order valence-corrected chi connectivity index (χ1v) is 7.27. The molecule has 6 heteroatoms. The van der Waals surface area contributed by atoms with Crippen LogP contribution in [0.5, 0.6) is 5.75 Å². The summed E-state index contributed by atoms with van der Waals surface area (Å²) >= 11 is 0. The second kappa shape index (κ2) is 6.50. The standard InChI is InChI=1S/C17H17N3O3/c18-13(10-12-4-2-1-3-5-12)11-23-14-6-7-15-19-8-9-20(15)16(14)17(21)22/h1-9,13H,10-11,18H2,(H,21,22). The lowest BCUT2D eigenvalue weighted by molar-refractivity contribution is 0.0683. The van der Waals surface area contributed by atoms with E-state index in [1.807, 2.05) is 30.3 Å². The van der Waals surface area contributed by atoms with Crippen molar-refractivity contribution >= 4 is 11.6 Å². The second-order valence-electron chi connectivity index (χ2n) is 5.27. The number of carbonyl (C=O) groups is 1. The Morgan fingerprint density at radius 2 is 2.04 bits per heavy atom. The zero-order chi connectivity index (χ0) is 16.2. The van der Waals surface area contributed by atoms with E-state index in [1.165, 1.54) is 4.40 Å². The first-order chi connectivity index (χ1) is 11.1. The van der Waals surface area contributed by atoms with E-state index in [0.717, 1.165) is 5.56 Å². The highest BCUT2D eigenvalue weighted by molar-refractivity contribution is 5.89. The summed E-state index contributed by atoms with van der Waals surface area (Å²) in [7, 11) is 0. The first-order valence-electron chi connectivity index (χ1n) is 7.27. The molecular formula is C17H17N3O3. The first kappa shape index (κ1) is 15.1. The topological polar surface area (TPSA) is 89.9 Å². The normalized spacial score (nSPS) is 12.2. The van der Waals surface area contributed by atoms with Gasteiger partial charge in [0.25, 0.3) is 0 Å². The van der Waals surface area contributed by atoms with Crippen LogP contribution in [-0.4, -0.2) is 33.1 Å². The van der Waals surface area contributed by atoms with Gasteiger partial charge in [-0.15, -0.1) is 0 Å². The molecule has 0 saturated carbocycles. The molecule has 2 heterocycles. The minimum absolute atomic E-state index is 0.0481. The summed E-state index contributed by atoms with van der Waals surface area (Å²) in [4.78, 5) is 15.6. The number of benzene rings is 1. The van der Waals surface area contributed by atoms with Crippen LogP contribution in [0.15, 0.2) is 54.9 Å². The maximum absolute atomic E-state index is 11.5. The van der Waals surface area contributed by atoms with E-state index in [0.29, 0.717) is 12.1 Å². The van der Waals surface area contributed by atoms with Gasteiger partial charge in [-0.3, -0.25) is 4.40 Å². The lowest BCUT2D eigenvalue weighted by Crippen LogP contribution is -2.30. The maximum Gasteiger partial charge on any atom is 0.356 e. The Hall–Kier alpha value is -2.86. The average Bonchev–Trinajstić information content (AvgIpc) is 3.01. The number of nitrogens with zero attached hydrogens (tertiary/aromatic N) is 2. The van der Waals surface area contributed by atoms with Crippen LogP contribution in [0.4, 0.5) is 0 Å². The van der Waals surface area contributed by atoms with Crippen molar-refractivity contribution in [2.75, 3.05) is 6.61 Å². The summed E-state index contributed by atoms with van der Waals surface area (Å²) in [5, 5.41) is 9.42. The fourth-order valence-electron chi connectivity index (χ4n) is 2.47. The van der Waals surface area contributed by atoms with Crippen LogP contribution in [0.3, 0.4) is 0 Å². The molecule has 118 valence electrons. The number of pyridine rings is 1. The van der Waals surface area contributed by atoms with Crippen LogP contribution in [0, 0.1) is 0 Å². The van der Waals surface area contributed by atoms with Crippen molar-refractivity contribution in [3.8, 4) is 5.75 Å². The van der Waals surface area contributed by atoms with Gasteiger partial charge in [0.05, 0.1) is 0 Å². The summed E-state index contributed by atoms with van der Waals surface area (Å²) < 4.78 is 7.14. The molecule has 0 saturated heterocycles. The molecule has 1 aromatic carbocycles. The number of ether oxygens (including phenoxy) is 1. The molecule has 1 unspecified atom stereocenters. The second-order valence-corrected chi connectivity index (χ2v) is 5.27. The molecule has 2 aromatic heterocycles. The third-order valence-corrected chi connectivity index (χ3v) is 3.52. The summed E-state index contributed by atoms with van der Waals surface area (Å²) in [6.07, 6.45) is 3.80. The van der Waals surface area contributed by atoms with Crippen LogP contribution in [0.2, 0.25) is 0 Å². The number of rotatable bonds is 6. The van der Waals surface area contributed by atoms with Gasteiger partial charge in [-0.1, -0.05) is 30.3 Å². The predicted molar refractivity (Wildman–Crippen MR) is 85.8 cm³/mol. The van der Waals surface area contributed by atoms with E-state index < -0.39 is 5.97 Å². The van der Waals surface area contributed by atoms with E-state index in [-0.39, 0.29) is 24.1 Å². The van der Waals surface area contributed by atoms with Gasteiger partial charge in [-0.2, -0.15) is 0 Å². The molecule has 0 aliphatic heterocycles. The van der Waals surface area contributed by atoms with Crippen molar-refractivity contribution in [3.63, 3.8) is 0 Å². The smallest absolute Gasteiger partial charge is 0.356 e. The highest BCUT2D eigenvalue weighted by Crippen LogP contribution is 2.20. The molecule has 0 aliphatic rings. The summed E-state index contributed by atoms with van der Waals surface area (Å²) in [5.41, 5.74) is 7.81. The molecule has 23 heavy (non-hydrogen) atoms. The van der Waals surface area contributed by atoms with E-state index in [1.54, 1.807) is 24.5 Å². The van der Waals surface area contributed by atoms with Gasteiger partial charge in [0.15, 0.2) is 11.4 Å². The highest BCUT2D eigenvalue weighted by Gasteiger charge is 2.17. The number of hydrogen-bond donors (Lipinski definition) is 2. The number of aromatic nitrogens is 2. The number of hydrogen-bond acceptors (Lipinski definition) is 4. The van der Waals surface area contributed by atoms with Crippen molar-refractivity contribution in [2.24, 2.45) is 5.73 Å². The summed E-state index contributed by atoms with van der Waals surface area (Å²) in [5.74, 6) is -0.785. The van der Waals surface area contributed by atoms with E-state index in [2.05, 4.69) is 4.98 Å². The lowest BCUT2D eigenvalue weighted by Gasteiger charge is -2.15. The van der Waals surface area contributed by atoms with E-state index in [4.69, 9.17) is 10.5 Å². The highest BCUT2D eigenvalue weighted by atomic mass is 16.5. The quantitative estimate of drug-likeness (QED) is 0.726. The van der Waals surface area contributed by atoms with Crippen LogP contribution in [-0.2, 0) is 6.42 Å². The zero-order valence-corrected chi connectivity index (χ0v) is 12.4. The van der Waals surface area contributed by atoms with Crippen LogP contribution in [0.25, 0.3) is 5.65 Å². The molecule has 3 N–H and O–H groups in total. The van der Waals surface area contributed by atoms with E-state index >= 15 is 0 Å². The van der Waals surface area contributed by atoms with E-state index in [9.17, 15) is 9.90 Å². The zero-order valence-electron chi connectivity index (χ0n) is 12.4. The fourth-order valence-corrected chi connectivity index (χ4v) is 2.47. The third kappa shape index (κ3) is 3.32. The molecule has 6 nitrogen and oxygen atoms in total. The Labute approximate surface area is 133 Å². The third-order valence-electron chi connectivity index (χ3n) is 3.52. The number of carboxylic acid groups (broad SMARTS) is 1. The van der Waals surface area contributed by atoms with Crippen molar-refractivity contribution in [2.45, 2.75) is 12.5 Å². The van der Waals surface area contributed by atoms with Gasteiger partial charge in [0, 0.05) is 18.4 Å². The van der Waals surface area contributed by atoms with Crippen molar-refractivity contribution in [1.82, 2.24) is 9.38 Å². The SMILES string of the molecule is NC(COc1ccc2nccn2c1C(=O)O)Cc1ccccc1. The molecule has 0 fully saturated rings. The largest absolute Gasteiger partial charge is 0.489 e. The molecule has 1 atom stereocenters. The molecule has 0 bridgehead atoms. The molecular weight excluding hydrogens is 294 g/mol. The molecule has 0 aliphatic carbocycles. The number of nitrogens with two attached hydrogens (primary N) is 1. The van der Waals surface area contributed by atoms with Gasteiger partial charge in [-0.25, -0.2) is 9.78 Å².